The second-order valence-electron chi connectivity index (χ2n) is 3.70. The molecule has 0 N–H and O–H groups in total. The maximum atomic E-state index is 5.91. The van der Waals surface area contributed by atoms with Crippen molar-refractivity contribution >= 4 is 40.2 Å². The first kappa shape index (κ1) is 12.7. The molecule has 0 aliphatic carbocycles. The van der Waals surface area contributed by atoms with Crippen LogP contribution in [0, 0.1) is 0 Å². The molecule has 0 spiro atoms. The molecule has 0 unspecified atom stereocenters. The lowest BCUT2D eigenvalue weighted by molar-refractivity contribution is 0.925. The van der Waals surface area contributed by atoms with Crippen molar-refractivity contribution in [2.45, 2.75) is 12.4 Å². The Kier molecular flexibility index (Phi) is 4.26. The monoisotopic (exact) mass is 286 g/mol. The summed E-state index contributed by atoms with van der Waals surface area (Å²) in [4.78, 5) is 7.49. The number of hydrogen-bond acceptors (Lipinski definition) is 3. The van der Waals surface area contributed by atoms with Crippen LogP contribution in [0.3, 0.4) is 0 Å². The molecule has 2 nitrogen and oxygen atoms in total. The summed E-state index contributed by atoms with van der Waals surface area (Å²) in [6.45, 7) is 0.812. The van der Waals surface area contributed by atoms with Crippen LogP contribution < -0.4 is 4.90 Å². The maximum absolute atomic E-state index is 5.91. The lowest BCUT2D eigenvalue weighted by Gasteiger charge is -2.20. The third-order valence-corrected chi connectivity index (χ3v) is 3.97. The highest BCUT2D eigenvalue weighted by molar-refractivity contribution is 7.16. The van der Waals surface area contributed by atoms with Crippen molar-refractivity contribution < 1.29 is 0 Å². The summed E-state index contributed by atoms with van der Waals surface area (Å²) in [6.07, 6.45) is 3.60. The summed E-state index contributed by atoms with van der Waals surface area (Å²) in [5.74, 6) is 0.493. The summed E-state index contributed by atoms with van der Waals surface area (Å²) in [5.41, 5.74) is 2.15. The van der Waals surface area contributed by atoms with E-state index in [-0.39, 0.29) is 0 Å². The Morgan fingerprint density at radius 3 is 2.82 bits per heavy atom. The number of anilines is 1. The van der Waals surface area contributed by atoms with Gasteiger partial charge in [0.2, 0.25) is 0 Å². The minimum Gasteiger partial charge on any atom is -0.368 e. The fourth-order valence-corrected chi connectivity index (χ4v) is 2.99. The molecule has 2 heterocycles. The molecular formula is C12H12Cl2N2S. The summed E-state index contributed by atoms with van der Waals surface area (Å²) in [5, 5.41) is 0. The fourth-order valence-electron chi connectivity index (χ4n) is 1.63. The van der Waals surface area contributed by atoms with Gasteiger partial charge in [-0.3, -0.25) is 4.98 Å². The van der Waals surface area contributed by atoms with Gasteiger partial charge < -0.3 is 4.90 Å². The SMILES string of the molecule is CN(Cc1ccc(Cl)s1)c1cnccc1CCl. The standard InChI is InChI=1S/C12H12Cl2N2S/c1-16(8-10-2-3-12(14)17-10)11-7-15-5-4-9(11)6-13/h2-5,7H,6,8H2,1H3. The molecule has 0 amide bonds. The van der Waals surface area contributed by atoms with Crippen molar-refractivity contribution in [2.24, 2.45) is 0 Å². The number of aromatic nitrogens is 1. The van der Waals surface area contributed by atoms with Crippen molar-refractivity contribution in [2.75, 3.05) is 11.9 Å². The van der Waals surface area contributed by atoms with Crippen LogP contribution in [0.4, 0.5) is 5.69 Å². The van der Waals surface area contributed by atoms with Crippen molar-refractivity contribution in [3.05, 3.63) is 45.4 Å². The third-order valence-electron chi connectivity index (χ3n) is 2.46. The lowest BCUT2D eigenvalue weighted by atomic mass is 10.2. The molecule has 17 heavy (non-hydrogen) atoms. The van der Waals surface area contributed by atoms with Gasteiger partial charge in [0.25, 0.3) is 0 Å². The van der Waals surface area contributed by atoms with Crippen LogP contribution in [0.5, 0.6) is 0 Å². The summed E-state index contributed by atoms with van der Waals surface area (Å²) in [6, 6.07) is 5.90. The Morgan fingerprint density at radius 2 is 2.18 bits per heavy atom. The molecule has 2 aromatic heterocycles. The number of halogens is 2. The summed E-state index contributed by atoms with van der Waals surface area (Å²) >= 11 is 13.4. The molecule has 0 saturated carbocycles. The van der Waals surface area contributed by atoms with E-state index in [0.717, 1.165) is 22.1 Å². The van der Waals surface area contributed by atoms with Crippen LogP contribution in [0.15, 0.2) is 30.6 Å². The molecule has 2 aromatic rings. The summed E-state index contributed by atoms with van der Waals surface area (Å²) < 4.78 is 0.817. The Bertz CT molecular complexity index is 499. The van der Waals surface area contributed by atoms with Gasteiger partial charge in [-0.05, 0) is 23.8 Å². The predicted molar refractivity (Wildman–Crippen MR) is 75.2 cm³/mol. The summed E-state index contributed by atoms with van der Waals surface area (Å²) in [7, 11) is 2.03. The van der Waals surface area contributed by atoms with Gasteiger partial charge in [-0.25, -0.2) is 0 Å². The van der Waals surface area contributed by atoms with Crippen LogP contribution >= 0.6 is 34.5 Å². The highest BCUT2D eigenvalue weighted by atomic mass is 35.5. The first-order valence-corrected chi connectivity index (χ1v) is 6.88. The average molecular weight is 287 g/mol. The van der Waals surface area contributed by atoms with E-state index < -0.39 is 0 Å². The fraction of sp³-hybridized carbons (Fsp3) is 0.250. The van der Waals surface area contributed by atoms with E-state index >= 15 is 0 Å². The lowest BCUT2D eigenvalue weighted by Crippen LogP contribution is -2.17. The van der Waals surface area contributed by atoms with Gasteiger partial charge in [0.05, 0.1) is 22.8 Å². The molecule has 0 aromatic carbocycles. The predicted octanol–water partition coefficient (Wildman–Crippen LogP) is 4.17. The minimum absolute atomic E-state index is 0.493. The maximum Gasteiger partial charge on any atom is 0.0931 e. The van der Waals surface area contributed by atoms with Gasteiger partial charge in [0.1, 0.15) is 0 Å². The van der Waals surface area contributed by atoms with Crippen molar-refractivity contribution in [3.63, 3.8) is 0 Å². The molecule has 0 fully saturated rings. The smallest absolute Gasteiger partial charge is 0.0931 e. The quantitative estimate of drug-likeness (QED) is 0.784. The largest absolute Gasteiger partial charge is 0.368 e. The third kappa shape index (κ3) is 3.12. The number of pyridine rings is 1. The van der Waals surface area contributed by atoms with Gasteiger partial charge in [0.15, 0.2) is 0 Å². The van der Waals surface area contributed by atoms with E-state index in [1.807, 2.05) is 31.4 Å². The van der Waals surface area contributed by atoms with Crippen molar-refractivity contribution in [1.82, 2.24) is 4.98 Å². The van der Waals surface area contributed by atoms with Crippen LogP contribution in [-0.4, -0.2) is 12.0 Å². The zero-order valence-corrected chi connectivity index (χ0v) is 11.7. The first-order valence-electron chi connectivity index (χ1n) is 5.15. The van der Waals surface area contributed by atoms with Crippen LogP contribution in [-0.2, 0) is 12.4 Å². The van der Waals surface area contributed by atoms with E-state index in [0.29, 0.717) is 5.88 Å². The molecular weight excluding hydrogens is 275 g/mol. The van der Waals surface area contributed by atoms with E-state index in [4.69, 9.17) is 23.2 Å². The molecule has 5 heteroatoms. The molecule has 90 valence electrons. The molecule has 0 radical (unpaired) electrons. The molecule has 0 atom stereocenters. The van der Waals surface area contributed by atoms with E-state index in [9.17, 15) is 0 Å². The number of alkyl halides is 1. The van der Waals surface area contributed by atoms with E-state index in [1.165, 1.54) is 4.88 Å². The van der Waals surface area contributed by atoms with Gasteiger partial charge in [-0.2, -0.15) is 0 Å². The second kappa shape index (κ2) is 5.71. The van der Waals surface area contributed by atoms with Crippen molar-refractivity contribution in [3.8, 4) is 0 Å². The molecule has 0 aliphatic rings. The highest BCUT2D eigenvalue weighted by Crippen LogP contribution is 2.26. The van der Waals surface area contributed by atoms with Gasteiger partial charge in [-0.15, -0.1) is 22.9 Å². The van der Waals surface area contributed by atoms with Gasteiger partial charge >= 0.3 is 0 Å². The normalized spacial score (nSPS) is 10.5. The van der Waals surface area contributed by atoms with Crippen LogP contribution in [0.1, 0.15) is 10.4 Å². The molecule has 0 bridgehead atoms. The zero-order valence-electron chi connectivity index (χ0n) is 9.36. The van der Waals surface area contributed by atoms with E-state index in [1.54, 1.807) is 17.5 Å². The number of nitrogens with zero attached hydrogens (tertiary/aromatic N) is 2. The van der Waals surface area contributed by atoms with Crippen molar-refractivity contribution in [1.29, 1.82) is 0 Å². The van der Waals surface area contributed by atoms with Gasteiger partial charge in [0, 0.05) is 24.0 Å². The topological polar surface area (TPSA) is 16.1 Å². The number of rotatable bonds is 4. The molecule has 0 aliphatic heterocycles. The molecule has 0 saturated heterocycles. The second-order valence-corrected chi connectivity index (χ2v) is 5.77. The zero-order chi connectivity index (χ0) is 12.3. The Labute approximate surface area is 115 Å². The van der Waals surface area contributed by atoms with Crippen LogP contribution in [0.2, 0.25) is 4.34 Å². The number of thiophene rings is 1. The van der Waals surface area contributed by atoms with Crippen LogP contribution in [0.25, 0.3) is 0 Å². The van der Waals surface area contributed by atoms with Gasteiger partial charge in [-0.1, -0.05) is 11.6 Å². The minimum atomic E-state index is 0.493. The Morgan fingerprint density at radius 1 is 1.35 bits per heavy atom. The molecule has 2 rings (SSSR count). The first-order chi connectivity index (χ1) is 8.20. The Balaban J connectivity index is 2.16. The Hall–Kier alpha value is -0.770. The highest BCUT2D eigenvalue weighted by Gasteiger charge is 2.08. The average Bonchev–Trinajstić information content (AvgIpc) is 2.74. The van der Waals surface area contributed by atoms with E-state index in [2.05, 4.69) is 9.88 Å². The number of hydrogen-bond donors (Lipinski definition) is 0.